The summed E-state index contributed by atoms with van der Waals surface area (Å²) in [5, 5.41) is 4.10. The van der Waals surface area contributed by atoms with Gasteiger partial charge in [-0.3, -0.25) is 0 Å². The average molecular weight is 290 g/mol. The van der Waals surface area contributed by atoms with E-state index in [1.54, 1.807) is 7.11 Å². The lowest BCUT2D eigenvalue weighted by atomic mass is 9.88. The lowest BCUT2D eigenvalue weighted by molar-refractivity contribution is 0.414. The molecule has 0 aliphatic rings. The minimum absolute atomic E-state index is 0.163. The Morgan fingerprint density at radius 1 is 1.10 bits per heavy atom. The molecule has 2 aromatic rings. The zero-order chi connectivity index (χ0) is 14.5. The lowest BCUT2D eigenvalue weighted by Gasteiger charge is -2.25. The first-order valence-corrected chi connectivity index (χ1v) is 7.10. The SMILES string of the molecule is CNC(c1ccc(OC)cc1Cl)C(C)c1ccccc1. The van der Waals surface area contributed by atoms with E-state index in [-0.39, 0.29) is 6.04 Å². The number of rotatable bonds is 5. The van der Waals surface area contributed by atoms with Gasteiger partial charge in [-0.2, -0.15) is 0 Å². The third-order valence-electron chi connectivity index (χ3n) is 3.68. The van der Waals surface area contributed by atoms with E-state index in [1.807, 2.05) is 31.3 Å². The molecule has 0 amide bonds. The zero-order valence-corrected chi connectivity index (χ0v) is 12.8. The van der Waals surface area contributed by atoms with E-state index < -0.39 is 0 Å². The zero-order valence-electron chi connectivity index (χ0n) is 12.1. The van der Waals surface area contributed by atoms with Crippen molar-refractivity contribution >= 4 is 11.6 Å². The van der Waals surface area contributed by atoms with Crippen LogP contribution in [0.25, 0.3) is 0 Å². The molecule has 0 bridgehead atoms. The summed E-state index contributed by atoms with van der Waals surface area (Å²) in [6.07, 6.45) is 0. The van der Waals surface area contributed by atoms with Crippen molar-refractivity contribution in [2.45, 2.75) is 18.9 Å². The molecule has 2 aromatic carbocycles. The van der Waals surface area contributed by atoms with E-state index in [0.29, 0.717) is 5.92 Å². The molecule has 0 saturated carbocycles. The molecule has 0 heterocycles. The molecule has 20 heavy (non-hydrogen) atoms. The van der Waals surface area contributed by atoms with Gasteiger partial charge in [-0.25, -0.2) is 0 Å². The molecule has 0 aliphatic carbocycles. The molecule has 2 atom stereocenters. The van der Waals surface area contributed by atoms with Crippen LogP contribution in [0.4, 0.5) is 0 Å². The van der Waals surface area contributed by atoms with Crippen molar-refractivity contribution in [3.63, 3.8) is 0 Å². The Hall–Kier alpha value is -1.51. The molecule has 0 spiro atoms. The van der Waals surface area contributed by atoms with Crippen LogP contribution in [0.3, 0.4) is 0 Å². The molecule has 0 aromatic heterocycles. The average Bonchev–Trinajstić information content (AvgIpc) is 2.50. The van der Waals surface area contributed by atoms with Crippen LogP contribution in [0.1, 0.15) is 30.0 Å². The highest BCUT2D eigenvalue weighted by Crippen LogP contribution is 2.35. The first-order chi connectivity index (χ1) is 9.67. The maximum atomic E-state index is 6.39. The molecular formula is C17H20ClNO. The first-order valence-electron chi connectivity index (χ1n) is 6.73. The molecule has 2 rings (SSSR count). The maximum absolute atomic E-state index is 6.39. The first kappa shape index (κ1) is 14.9. The number of ether oxygens (including phenoxy) is 1. The molecule has 2 unspecified atom stereocenters. The van der Waals surface area contributed by atoms with Gasteiger partial charge in [-0.05, 0) is 30.3 Å². The molecular weight excluding hydrogens is 270 g/mol. The van der Waals surface area contributed by atoms with E-state index >= 15 is 0 Å². The van der Waals surface area contributed by atoms with Crippen LogP contribution in [-0.4, -0.2) is 14.2 Å². The van der Waals surface area contributed by atoms with Crippen molar-refractivity contribution in [3.05, 3.63) is 64.7 Å². The normalized spacial score (nSPS) is 13.8. The Balaban J connectivity index is 2.33. The van der Waals surface area contributed by atoms with Crippen molar-refractivity contribution in [2.24, 2.45) is 0 Å². The van der Waals surface area contributed by atoms with E-state index in [4.69, 9.17) is 16.3 Å². The van der Waals surface area contributed by atoms with Crippen molar-refractivity contribution in [3.8, 4) is 5.75 Å². The summed E-state index contributed by atoms with van der Waals surface area (Å²) in [5.74, 6) is 1.10. The Kier molecular flexibility index (Phi) is 5.05. The summed E-state index contributed by atoms with van der Waals surface area (Å²) < 4.78 is 5.20. The largest absolute Gasteiger partial charge is 0.497 e. The highest BCUT2D eigenvalue weighted by atomic mass is 35.5. The van der Waals surface area contributed by atoms with Gasteiger partial charge in [0, 0.05) is 17.0 Å². The van der Waals surface area contributed by atoms with Crippen LogP contribution in [0, 0.1) is 0 Å². The second-order valence-electron chi connectivity index (χ2n) is 4.85. The van der Waals surface area contributed by atoms with Gasteiger partial charge in [0.05, 0.1) is 7.11 Å². The third kappa shape index (κ3) is 3.14. The lowest BCUT2D eigenvalue weighted by Crippen LogP contribution is -2.22. The van der Waals surface area contributed by atoms with Crippen LogP contribution in [0.5, 0.6) is 5.75 Å². The molecule has 0 saturated heterocycles. The summed E-state index contributed by atoms with van der Waals surface area (Å²) in [7, 11) is 3.61. The number of halogens is 1. The number of likely N-dealkylation sites (N-methyl/N-ethyl adjacent to an activating group) is 1. The quantitative estimate of drug-likeness (QED) is 0.880. The highest BCUT2D eigenvalue weighted by molar-refractivity contribution is 6.31. The second kappa shape index (κ2) is 6.78. The Bertz CT molecular complexity index is 556. The van der Waals surface area contributed by atoms with Crippen LogP contribution in [0.2, 0.25) is 5.02 Å². The smallest absolute Gasteiger partial charge is 0.120 e. The Labute approximate surface area is 125 Å². The van der Waals surface area contributed by atoms with E-state index in [1.165, 1.54) is 5.56 Å². The minimum atomic E-state index is 0.163. The van der Waals surface area contributed by atoms with Gasteiger partial charge < -0.3 is 10.1 Å². The number of nitrogens with one attached hydrogen (secondary N) is 1. The highest BCUT2D eigenvalue weighted by Gasteiger charge is 2.21. The van der Waals surface area contributed by atoms with Crippen LogP contribution >= 0.6 is 11.6 Å². The second-order valence-corrected chi connectivity index (χ2v) is 5.26. The predicted molar refractivity (Wildman–Crippen MR) is 84.7 cm³/mol. The van der Waals surface area contributed by atoms with Crippen LogP contribution < -0.4 is 10.1 Å². The van der Waals surface area contributed by atoms with Crippen LogP contribution in [-0.2, 0) is 0 Å². The fourth-order valence-corrected chi connectivity index (χ4v) is 2.80. The standard InChI is InChI=1S/C17H20ClNO/c1-12(13-7-5-4-6-8-13)17(19-2)15-10-9-14(20-3)11-16(15)18/h4-12,17,19H,1-3H3. The Morgan fingerprint density at radius 3 is 2.35 bits per heavy atom. The molecule has 0 aliphatic heterocycles. The summed E-state index contributed by atoms with van der Waals surface area (Å²) in [5.41, 5.74) is 2.38. The summed E-state index contributed by atoms with van der Waals surface area (Å²) in [6, 6.07) is 16.5. The van der Waals surface area contributed by atoms with Crippen molar-refractivity contribution < 1.29 is 4.74 Å². The predicted octanol–water partition coefficient (Wildman–Crippen LogP) is 4.41. The van der Waals surface area contributed by atoms with Crippen molar-refractivity contribution in [2.75, 3.05) is 14.2 Å². The van der Waals surface area contributed by atoms with Gasteiger partial charge in [0.15, 0.2) is 0 Å². The maximum Gasteiger partial charge on any atom is 0.120 e. The number of methoxy groups -OCH3 is 1. The topological polar surface area (TPSA) is 21.3 Å². The van der Waals surface area contributed by atoms with Gasteiger partial charge in [-0.1, -0.05) is 54.9 Å². The minimum Gasteiger partial charge on any atom is -0.497 e. The van der Waals surface area contributed by atoms with E-state index in [0.717, 1.165) is 16.3 Å². The number of hydrogen-bond acceptors (Lipinski definition) is 2. The van der Waals surface area contributed by atoms with Crippen molar-refractivity contribution in [1.29, 1.82) is 0 Å². The molecule has 0 radical (unpaired) electrons. The van der Waals surface area contributed by atoms with Gasteiger partial charge in [0.2, 0.25) is 0 Å². The van der Waals surface area contributed by atoms with Gasteiger partial charge in [-0.15, -0.1) is 0 Å². The fourth-order valence-electron chi connectivity index (χ4n) is 2.51. The molecule has 2 nitrogen and oxygen atoms in total. The van der Waals surface area contributed by atoms with Crippen LogP contribution in [0.15, 0.2) is 48.5 Å². The molecule has 106 valence electrons. The number of hydrogen-bond donors (Lipinski definition) is 1. The summed E-state index contributed by atoms with van der Waals surface area (Å²) in [6.45, 7) is 2.21. The van der Waals surface area contributed by atoms with Crippen molar-refractivity contribution in [1.82, 2.24) is 5.32 Å². The molecule has 3 heteroatoms. The van der Waals surface area contributed by atoms with E-state index in [2.05, 4.69) is 36.5 Å². The Morgan fingerprint density at radius 2 is 1.80 bits per heavy atom. The fraction of sp³-hybridized carbons (Fsp3) is 0.294. The molecule has 0 fully saturated rings. The van der Waals surface area contributed by atoms with E-state index in [9.17, 15) is 0 Å². The monoisotopic (exact) mass is 289 g/mol. The summed E-state index contributed by atoms with van der Waals surface area (Å²) >= 11 is 6.39. The third-order valence-corrected chi connectivity index (χ3v) is 4.01. The molecule has 1 N–H and O–H groups in total. The van der Waals surface area contributed by atoms with Gasteiger partial charge in [0.25, 0.3) is 0 Å². The summed E-state index contributed by atoms with van der Waals surface area (Å²) in [4.78, 5) is 0. The van der Waals surface area contributed by atoms with Gasteiger partial charge >= 0.3 is 0 Å². The van der Waals surface area contributed by atoms with Gasteiger partial charge in [0.1, 0.15) is 5.75 Å². The number of benzene rings is 2.